The summed E-state index contributed by atoms with van der Waals surface area (Å²) >= 11 is 0. The average Bonchev–Trinajstić information content (AvgIpc) is 3.22. The molecular weight excluding hydrogens is 767 g/mol. The molecule has 348 valence electrons. The topological polar surface area (TPSA) is 111 Å². The minimum absolute atomic E-state index is 0.138. The molecule has 0 aromatic rings. The normalized spacial score (nSPS) is 13.7. The number of carboxylic acids is 1. The van der Waals surface area contributed by atoms with Crippen LogP contribution in [0.25, 0.3) is 0 Å². The number of allylic oxidation sites excluding steroid dienone is 14. The fraction of sp³-hybridized carbons (Fsp3) is 0.673. The molecule has 0 spiro atoms. The summed E-state index contributed by atoms with van der Waals surface area (Å²) in [6, 6.07) is 0. The first kappa shape index (κ1) is 57.5. The number of esters is 2. The summed E-state index contributed by atoms with van der Waals surface area (Å²) in [7, 11) is 5.89. The second kappa shape index (κ2) is 43.1. The zero-order valence-electron chi connectivity index (χ0n) is 39.2. The summed E-state index contributed by atoms with van der Waals surface area (Å²) in [4.78, 5) is 37.0. The van der Waals surface area contributed by atoms with E-state index in [2.05, 4.69) is 98.9 Å². The maximum absolute atomic E-state index is 12.8. The van der Waals surface area contributed by atoms with Crippen molar-refractivity contribution in [3.05, 3.63) is 85.1 Å². The highest BCUT2D eigenvalue weighted by Gasteiger charge is 2.21. The summed E-state index contributed by atoms with van der Waals surface area (Å²) in [5.74, 6) is -2.34. The van der Waals surface area contributed by atoms with Crippen LogP contribution >= 0.6 is 0 Å². The molecule has 0 heterocycles. The number of carboxylic acid groups (broad SMARTS) is 1. The number of aliphatic carboxylic acids is 1. The van der Waals surface area contributed by atoms with Gasteiger partial charge in [-0.25, -0.2) is 0 Å². The van der Waals surface area contributed by atoms with Crippen molar-refractivity contribution in [3.63, 3.8) is 0 Å². The van der Waals surface area contributed by atoms with Crippen LogP contribution in [0.2, 0.25) is 0 Å². The average molecular weight is 854 g/mol. The van der Waals surface area contributed by atoms with Crippen LogP contribution in [0.1, 0.15) is 168 Å². The quantitative estimate of drug-likeness (QED) is 0.0196. The number of hydrogen-bond donors (Lipinski definition) is 0. The molecule has 0 aromatic heterocycles. The predicted molar refractivity (Wildman–Crippen MR) is 251 cm³/mol. The SMILES string of the molecule is CC/C=C\C/C=C\C/C=C\C/C=C\CCCCCCCCCCCCC(=O)OC(COC(=O)CCCCC/C=C\C/C=C\C/C=C\CC)COC(OCC[N+](C)(C)C)C(=O)[O-]. The highest BCUT2D eigenvalue weighted by Crippen LogP contribution is 2.14. The summed E-state index contributed by atoms with van der Waals surface area (Å²) in [5, 5.41) is 11.7. The predicted octanol–water partition coefficient (Wildman–Crippen LogP) is 11.6. The van der Waals surface area contributed by atoms with E-state index in [1.54, 1.807) is 0 Å². The third-order valence-electron chi connectivity index (χ3n) is 9.64. The number of rotatable bonds is 42. The lowest BCUT2D eigenvalue weighted by atomic mass is 10.0. The molecule has 0 aromatic carbocycles. The molecule has 61 heavy (non-hydrogen) atoms. The third-order valence-corrected chi connectivity index (χ3v) is 9.64. The van der Waals surface area contributed by atoms with Crippen molar-refractivity contribution in [1.82, 2.24) is 0 Å². The Hall–Kier alpha value is -3.53. The second-order valence-electron chi connectivity index (χ2n) is 16.6. The molecule has 0 rings (SSSR count). The van der Waals surface area contributed by atoms with Gasteiger partial charge in [-0.3, -0.25) is 9.59 Å². The third kappa shape index (κ3) is 44.3. The molecule has 0 amide bonds. The Morgan fingerprint density at radius 2 is 0.885 bits per heavy atom. The van der Waals surface area contributed by atoms with Gasteiger partial charge < -0.3 is 33.3 Å². The Balaban J connectivity index is 4.39. The lowest BCUT2D eigenvalue weighted by Gasteiger charge is -2.26. The van der Waals surface area contributed by atoms with Crippen LogP contribution in [0, 0.1) is 0 Å². The Kier molecular flexibility index (Phi) is 40.6. The van der Waals surface area contributed by atoms with Gasteiger partial charge in [-0.15, -0.1) is 0 Å². The van der Waals surface area contributed by atoms with E-state index in [0.717, 1.165) is 89.9 Å². The molecule has 0 saturated heterocycles. The van der Waals surface area contributed by atoms with Crippen molar-refractivity contribution in [2.75, 3.05) is 47.5 Å². The Morgan fingerprint density at radius 1 is 0.492 bits per heavy atom. The van der Waals surface area contributed by atoms with Crippen molar-refractivity contribution in [2.45, 2.75) is 180 Å². The maximum Gasteiger partial charge on any atom is 0.306 e. The summed E-state index contributed by atoms with van der Waals surface area (Å²) in [6.45, 7) is 4.45. The standard InChI is InChI=1S/C52H87NO8/c1-6-8-10-12-14-16-18-20-21-22-23-24-25-26-27-28-29-31-33-35-37-39-41-43-50(55)61-48(47-60-52(51(56)57)58-45-44-53(3,4)5)46-59-49(54)42-40-38-36-34-32-30-19-17-15-13-11-9-7-2/h8-11,14-17,20-21,23-24,30,32,48,52H,6-7,12-13,18-19,22,25-29,31,33-47H2,1-5H3/b10-8-,11-9-,16-14-,17-15-,21-20-,24-23-,32-30-. The highest BCUT2D eigenvalue weighted by atomic mass is 16.7. The Morgan fingerprint density at radius 3 is 1.33 bits per heavy atom. The molecule has 2 unspecified atom stereocenters. The fourth-order valence-corrected chi connectivity index (χ4v) is 6.01. The van der Waals surface area contributed by atoms with E-state index in [0.29, 0.717) is 23.9 Å². The van der Waals surface area contributed by atoms with E-state index in [-0.39, 0.29) is 32.7 Å². The molecule has 0 N–H and O–H groups in total. The van der Waals surface area contributed by atoms with Gasteiger partial charge >= 0.3 is 11.9 Å². The number of nitrogens with zero attached hydrogens (tertiary/aromatic N) is 1. The van der Waals surface area contributed by atoms with Gasteiger partial charge in [0.05, 0.1) is 40.3 Å². The van der Waals surface area contributed by atoms with E-state index in [1.807, 2.05) is 21.1 Å². The number of unbranched alkanes of at least 4 members (excludes halogenated alkanes) is 13. The molecule has 0 bridgehead atoms. The van der Waals surface area contributed by atoms with Crippen molar-refractivity contribution < 1.29 is 42.9 Å². The Labute approximate surface area is 372 Å². The van der Waals surface area contributed by atoms with E-state index >= 15 is 0 Å². The van der Waals surface area contributed by atoms with E-state index in [4.69, 9.17) is 18.9 Å². The van der Waals surface area contributed by atoms with Gasteiger partial charge in [0.1, 0.15) is 13.2 Å². The minimum atomic E-state index is -1.63. The first-order valence-electron chi connectivity index (χ1n) is 23.7. The molecular formula is C52H87NO8. The first-order valence-corrected chi connectivity index (χ1v) is 23.7. The number of carbonyl (C=O) groups excluding carboxylic acids is 3. The maximum atomic E-state index is 12.8. The Bertz CT molecular complexity index is 1270. The van der Waals surface area contributed by atoms with Gasteiger partial charge in [0.25, 0.3) is 0 Å². The van der Waals surface area contributed by atoms with E-state index < -0.39 is 30.3 Å². The smallest absolute Gasteiger partial charge is 0.306 e. The van der Waals surface area contributed by atoms with Crippen LogP contribution in [0.3, 0.4) is 0 Å². The second-order valence-corrected chi connectivity index (χ2v) is 16.6. The van der Waals surface area contributed by atoms with Gasteiger partial charge in [-0.05, 0) is 83.5 Å². The van der Waals surface area contributed by atoms with Crippen molar-refractivity contribution in [2.24, 2.45) is 0 Å². The van der Waals surface area contributed by atoms with Gasteiger partial charge in [0, 0.05) is 12.8 Å². The van der Waals surface area contributed by atoms with Crippen molar-refractivity contribution >= 4 is 17.9 Å². The van der Waals surface area contributed by atoms with Crippen LogP contribution < -0.4 is 5.11 Å². The van der Waals surface area contributed by atoms with Crippen molar-refractivity contribution in [3.8, 4) is 0 Å². The molecule has 0 aliphatic heterocycles. The van der Waals surface area contributed by atoms with Crippen LogP contribution in [0.15, 0.2) is 85.1 Å². The van der Waals surface area contributed by atoms with Gasteiger partial charge in [0.15, 0.2) is 12.4 Å². The minimum Gasteiger partial charge on any atom is -0.545 e. The number of ether oxygens (including phenoxy) is 4. The van der Waals surface area contributed by atoms with Crippen LogP contribution in [-0.4, -0.2) is 82.3 Å². The molecule has 0 radical (unpaired) electrons. The molecule has 0 saturated carbocycles. The largest absolute Gasteiger partial charge is 0.545 e. The molecule has 2 atom stereocenters. The van der Waals surface area contributed by atoms with Gasteiger partial charge in [0.2, 0.25) is 0 Å². The van der Waals surface area contributed by atoms with Crippen LogP contribution in [0.5, 0.6) is 0 Å². The zero-order valence-corrected chi connectivity index (χ0v) is 39.2. The zero-order chi connectivity index (χ0) is 44.9. The van der Waals surface area contributed by atoms with Gasteiger partial charge in [-0.2, -0.15) is 0 Å². The number of carbonyl (C=O) groups is 3. The summed E-state index contributed by atoms with van der Waals surface area (Å²) in [6.07, 6.45) is 51.9. The van der Waals surface area contributed by atoms with Crippen LogP contribution in [0.4, 0.5) is 0 Å². The van der Waals surface area contributed by atoms with Crippen LogP contribution in [-0.2, 0) is 33.3 Å². The lowest BCUT2D eigenvalue weighted by Crippen LogP contribution is -2.44. The molecule has 0 aliphatic rings. The molecule has 9 heteroatoms. The number of quaternary nitrogens is 1. The van der Waals surface area contributed by atoms with Crippen molar-refractivity contribution in [1.29, 1.82) is 0 Å². The summed E-state index contributed by atoms with van der Waals surface area (Å²) in [5.41, 5.74) is 0. The summed E-state index contributed by atoms with van der Waals surface area (Å²) < 4.78 is 22.5. The first-order chi connectivity index (χ1) is 29.6. The lowest BCUT2D eigenvalue weighted by molar-refractivity contribution is -0.870. The number of hydrogen-bond acceptors (Lipinski definition) is 8. The molecule has 0 aliphatic carbocycles. The van der Waals surface area contributed by atoms with Gasteiger partial charge in [-0.1, -0.05) is 157 Å². The number of likely N-dealkylation sites (N-methyl/N-ethyl adjacent to an activating group) is 1. The monoisotopic (exact) mass is 854 g/mol. The van der Waals surface area contributed by atoms with E-state index in [9.17, 15) is 19.5 Å². The molecule has 0 fully saturated rings. The fourth-order valence-electron chi connectivity index (χ4n) is 6.01. The molecule has 9 nitrogen and oxygen atoms in total. The van der Waals surface area contributed by atoms with E-state index in [1.165, 1.54) is 38.5 Å². The highest BCUT2D eigenvalue weighted by molar-refractivity contribution is 5.70.